The molecule has 0 radical (unpaired) electrons. The van der Waals surface area contributed by atoms with Crippen molar-refractivity contribution in [3.63, 3.8) is 0 Å². The van der Waals surface area contributed by atoms with Crippen molar-refractivity contribution in [2.75, 3.05) is 13.2 Å². The summed E-state index contributed by atoms with van der Waals surface area (Å²) in [4.78, 5) is 23.4. The molecule has 0 aromatic heterocycles. The van der Waals surface area contributed by atoms with E-state index in [1.807, 2.05) is 0 Å². The Labute approximate surface area is 142 Å². The van der Waals surface area contributed by atoms with Crippen molar-refractivity contribution < 1.29 is 18.7 Å². The van der Waals surface area contributed by atoms with Gasteiger partial charge < -0.3 is 15.4 Å². The first-order valence-electron chi connectivity index (χ1n) is 8.55. The van der Waals surface area contributed by atoms with Gasteiger partial charge in [0, 0.05) is 13.0 Å². The highest BCUT2D eigenvalue weighted by Gasteiger charge is 2.27. The minimum Gasteiger partial charge on any atom is -0.450 e. The van der Waals surface area contributed by atoms with Gasteiger partial charge in [0.1, 0.15) is 5.82 Å². The van der Waals surface area contributed by atoms with Gasteiger partial charge in [0.15, 0.2) is 0 Å². The number of hydrogen-bond donors (Lipinski definition) is 2. The van der Waals surface area contributed by atoms with Crippen LogP contribution in [0.2, 0.25) is 0 Å². The molecule has 1 aliphatic carbocycles. The molecule has 1 aliphatic rings. The fourth-order valence-electron chi connectivity index (χ4n) is 3.14. The molecule has 1 fully saturated rings. The molecule has 2 N–H and O–H groups in total. The highest BCUT2D eigenvalue weighted by Crippen LogP contribution is 2.35. The number of carbonyl (C=O) groups is 2. The average Bonchev–Trinajstić information content (AvgIpc) is 3.08. The van der Waals surface area contributed by atoms with E-state index >= 15 is 0 Å². The molecule has 1 aromatic rings. The maximum absolute atomic E-state index is 13.2. The minimum absolute atomic E-state index is 0.108. The molecular weight excluding hydrogens is 311 g/mol. The van der Waals surface area contributed by atoms with Crippen LogP contribution in [0.1, 0.15) is 50.6 Å². The summed E-state index contributed by atoms with van der Waals surface area (Å²) in [5, 5.41) is 5.58. The second-order valence-electron chi connectivity index (χ2n) is 6.04. The third kappa shape index (κ3) is 5.51. The van der Waals surface area contributed by atoms with Crippen LogP contribution < -0.4 is 10.6 Å². The monoisotopic (exact) mass is 336 g/mol. The van der Waals surface area contributed by atoms with Crippen LogP contribution in [0.5, 0.6) is 0 Å². The number of benzene rings is 1. The number of rotatable bonds is 7. The van der Waals surface area contributed by atoms with E-state index in [1.165, 1.54) is 12.1 Å². The van der Waals surface area contributed by atoms with Gasteiger partial charge >= 0.3 is 6.09 Å². The molecule has 0 spiro atoms. The Hall–Kier alpha value is -2.11. The third-order valence-corrected chi connectivity index (χ3v) is 4.31. The van der Waals surface area contributed by atoms with Gasteiger partial charge in [0.2, 0.25) is 5.91 Å². The predicted molar refractivity (Wildman–Crippen MR) is 88.9 cm³/mol. The molecule has 1 atom stereocenters. The second kappa shape index (κ2) is 9.25. The van der Waals surface area contributed by atoms with Crippen LogP contribution in [-0.2, 0) is 9.53 Å². The maximum Gasteiger partial charge on any atom is 0.407 e. The lowest BCUT2D eigenvalue weighted by Crippen LogP contribution is -2.35. The van der Waals surface area contributed by atoms with Gasteiger partial charge in [-0.1, -0.05) is 25.0 Å². The van der Waals surface area contributed by atoms with Crippen LogP contribution in [0.15, 0.2) is 24.3 Å². The number of alkyl carbamates (subject to hydrolysis) is 1. The van der Waals surface area contributed by atoms with Crippen molar-refractivity contribution >= 4 is 12.0 Å². The summed E-state index contributed by atoms with van der Waals surface area (Å²) >= 11 is 0. The maximum atomic E-state index is 13.2. The molecule has 5 nitrogen and oxygen atoms in total. The van der Waals surface area contributed by atoms with Crippen LogP contribution in [0, 0.1) is 11.7 Å². The van der Waals surface area contributed by atoms with Gasteiger partial charge in [-0.05, 0) is 43.4 Å². The van der Waals surface area contributed by atoms with Gasteiger partial charge in [-0.25, -0.2) is 9.18 Å². The first kappa shape index (κ1) is 18.2. The van der Waals surface area contributed by atoms with Crippen LogP contribution in [0.25, 0.3) is 0 Å². The fourth-order valence-corrected chi connectivity index (χ4v) is 3.14. The summed E-state index contributed by atoms with van der Waals surface area (Å²) in [5.74, 6) is -0.0423. The molecule has 132 valence electrons. The average molecular weight is 336 g/mol. The van der Waals surface area contributed by atoms with Gasteiger partial charge in [-0.3, -0.25) is 4.79 Å². The molecule has 2 amide bonds. The Kier molecular flexibility index (Phi) is 7.03. The van der Waals surface area contributed by atoms with E-state index in [-0.39, 0.29) is 30.7 Å². The SMILES string of the molecule is CCOC(=O)NCCC(=O)NC(c1ccc(F)cc1)C1CCCC1. The highest BCUT2D eigenvalue weighted by molar-refractivity contribution is 5.77. The number of hydrogen-bond acceptors (Lipinski definition) is 3. The molecule has 24 heavy (non-hydrogen) atoms. The number of amides is 2. The van der Waals surface area contributed by atoms with Crippen LogP contribution >= 0.6 is 0 Å². The largest absolute Gasteiger partial charge is 0.450 e. The molecule has 0 bridgehead atoms. The molecular formula is C18H25FN2O3. The summed E-state index contributed by atoms with van der Waals surface area (Å²) in [6.45, 7) is 2.25. The Morgan fingerprint density at radius 2 is 1.92 bits per heavy atom. The number of halogens is 1. The van der Waals surface area contributed by atoms with Crippen molar-refractivity contribution in [2.24, 2.45) is 5.92 Å². The minimum atomic E-state index is -0.517. The fraction of sp³-hybridized carbons (Fsp3) is 0.556. The molecule has 1 aromatic carbocycles. The number of carbonyl (C=O) groups excluding carboxylic acids is 2. The Balaban J connectivity index is 1.91. The Morgan fingerprint density at radius 3 is 2.54 bits per heavy atom. The molecule has 0 aliphatic heterocycles. The van der Waals surface area contributed by atoms with Gasteiger partial charge in [-0.15, -0.1) is 0 Å². The van der Waals surface area contributed by atoms with Crippen LogP contribution in [0.4, 0.5) is 9.18 Å². The van der Waals surface area contributed by atoms with E-state index in [1.54, 1.807) is 19.1 Å². The van der Waals surface area contributed by atoms with Gasteiger partial charge in [-0.2, -0.15) is 0 Å². The Morgan fingerprint density at radius 1 is 1.25 bits per heavy atom. The lowest BCUT2D eigenvalue weighted by molar-refractivity contribution is -0.122. The smallest absolute Gasteiger partial charge is 0.407 e. The van der Waals surface area contributed by atoms with E-state index in [0.29, 0.717) is 12.5 Å². The lowest BCUT2D eigenvalue weighted by Gasteiger charge is -2.25. The molecule has 1 saturated carbocycles. The van der Waals surface area contributed by atoms with Gasteiger partial charge in [0.25, 0.3) is 0 Å². The van der Waals surface area contributed by atoms with Gasteiger partial charge in [0.05, 0.1) is 12.6 Å². The molecule has 0 heterocycles. The zero-order valence-corrected chi connectivity index (χ0v) is 14.0. The molecule has 0 saturated heterocycles. The topological polar surface area (TPSA) is 67.4 Å². The van der Waals surface area contributed by atoms with Crippen molar-refractivity contribution in [3.8, 4) is 0 Å². The van der Waals surface area contributed by atoms with Crippen molar-refractivity contribution in [1.82, 2.24) is 10.6 Å². The van der Waals surface area contributed by atoms with Crippen LogP contribution in [0.3, 0.4) is 0 Å². The number of ether oxygens (including phenoxy) is 1. The Bertz CT molecular complexity index is 542. The van der Waals surface area contributed by atoms with E-state index in [0.717, 1.165) is 31.2 Å². The van der Waals surface area contributed by atoms with Crippen molar-refractivity contribution in [1.29, 1.82) is 0 Å². The summed E-state index contributed by atoms with van der Waals surface area (Å²) in [6.07, 6.45) is 4.09. The number of nitrogens with one attached hydrogen (secondary N) is 2. The van der Waals surface area contributed by atoms with Crippen molar-refractivity contribution in [3.05, 3.63) is 35.6 Å². The van der Waals surface area contributed by atoms with E-state index in [4.69, 9.17) is 4.74 Å². The molecule has 2 rings (SSSR count). The lowest BCUT2D eigenvalue weighted by atomic mass is 9.91. The zero-order chi connectivity index (χ0) is 17.4. The summed E-state index contributed by atoms with van der Waals surface area (Å²) < 4.78 is 17.9. The normalized spacial score (nSPS) is 15.8. The van der Waals surface area contributed by atoms with E-state index in [2.05, 4.69) is 10.6 Å². The third-order valence-electron chi connectivity index (χ3n) is 4.31. The second-order valence-corrected chi connectivity index (χ2v) is 6.04. The highest BCUT2D eigenvalue weighted by atomic mass is 19.1. The zero-order valence-electron chi connectivity index (χ0n) is 14.0. The quantitative estimate of drug-likeness (QED) is 0.803. The summed E-state index contributed by atoms with van der Waals surface area (Å²) in [7, 11) is 0. The molecule has 1 unspecified atom stereocenters. The first-order chi connectivity index (χ1) is 11.6. The molecule has 6 heteroatoms. The predicted octanol–water partition coefficient (Wildman–Crippen LogP) is 3.31. The van der Waals surface area contributed by atoms with Crippen molar-refractivity contribution in [2.45, 2.75) is 45.1 Å². The summed E-state index contributed by atoms with van der Waals surface area (Å²) in [5.41, 5.74) is 0.926. The standard InChI is InChI=1S/C18H25FN2O3/c1-2-24-18(23)20-12-11-16(22)21-17(13-5-3-4-6-13)14-7-9-15(19)10-8-14/h7-10,13,17H,2-6,11-12H2,1H3,(H,20,23)(H,21,22). The van der Waals surface area contributed by atoms with Crippen LogP contribution in [-0.4, -0.2) is 25.2 Å². The first-order valence-corrected chi connectivity index (χ1v) is 8.55. The summed E-state index contributed by atoms with van der Waals surface area (Å²) in [6, 6.07) is 6.20. The van der Waals surface area contributed by atoms with E-state index < -0.39 is 6.09 Å². The van der Waals surface area contributed by atoms with E-state index in [9.17, 15) is 14.0 Å².